The van der Waals surface area contributed by atoms with Crippen LogP contribution in [-0.2, 0) is 6.42 Å². The molecular weight excluding hydrogens is 232 g/mol. The van der Waals surface area contributed by atoms with E-state index in [2.05, 4.69) is 60.0 Å². The Kier molecular flexibility index (Phi) is 5.30. The third kappa shape index (κ3) is 4.29. The number of para-hydroxylation sites is 1. The standard InChI is InChI=1S/C17H24N2/c1-18(2)13-7-3-4-8-14-19-15-9-11-16-10-5-6-12-17(16)19/h5-6,10,12H,3,7,9,11,13-15H2,1-2H3. The smallest absolute Gasteiger partial charge is 0.0794 e. The number of fused-ring (bicyclic) bond motifs is 1. The summed E-state index contributed by atoms with van der Waals surface area (Å²) in [5, 5.41) is 0. The summed E-state index contributed by atoms with van der Waals surface area (Å²) < 4.78 is 0. The summed E-state index contributed by atoms with van der Waals surface area (Å²) in [6.45, 7) is 3.14. The number of hydrogen-bond donors (Lipinski definition) is 0. The van der Waals surface area contributed by atoms with Gasteiger partial charge in [-0.15, -0.1) is 5.92 Å². The highest BCUT2D eigenvalue weighted by atomic mass is 15.1. The quantitative estimate of drug-likeness (QED) is 0.604. The van der Waals surface area contributed by atoms with Crippen molar-refractivity contribution in [2.75, 3.05) is 38.6 Å². The predicted molar refractivity (Wildman–Crippen MR) is 82.5 cm³/mol. The second kappa shape index (κ2) is 7.21. The van der Waals surface area contributed by atoms with Crippen molar-refractivity contribution < 1.29 is 0 Å². The first-order valence-corrected chi connectivity index (χ1v) is 7.20. The van der Waals surface area contributed by atoms with E-state index in [1.807, 2.05) is 0 Å². The van der Waals surface area contributed by atoms with Gasteiger partial charge in [0.25, 0.3) is 0 Å². The van der Waals surface area contributed by atoms with Gasteiger partial charge in [-0.3, -0.25) is 0 Å². The van der Waals surface area contributed by atoms with E-state index >= 15 is 0 Å². The number of unbranched alkanes of at least 4 members (excludes halogenated alkanes) is 1. The van der Waals surface area contributed by atoms with Crippen molar-refractivity contribution in [3.63, 3.8) is 0 Å². The third-order valence-corrected chi connectivity index (χ3v) is 3.51. The fourth-order valence-electron chi connectivity index (χ4n) is 2.50. The molecule has 1 aliphatic rings. The molecule has 0 aromatic heterocycles. The number of nitrogens with zero attached hydrogens (tertiary/aromatic N) is 2. The lowest BCUT2D eigenvalue weighted by atomic mass is 10.0. The molecule has 1 heterocycles. The maximum absolute atomic E-state index is 3.33. The highest BCUT2D eigenvalue weighted by Gasteiger charge is 2.14. The normalized spacial score (nSPS) is 13.9. The zero-order valence-corrected chi connectivity index (χ0v) is 12.2. The van der Waals surface area contributed by atoms with Crippen molar-refractivity contribution in [3.05, 3.63) is 29.8 Å². The van der Waals surface area contributed by atoms with Crippen LogP contribution in [0.5, 0.6) is 0 Å². The van der Waals surface area contributed by atoms with Gasteiger partial charge in [0.05, 0.1) is 6.54 Å². The summed E-state index contributed by atoms with van der Waals surface area (Å²) in [6, 6.07) is 8.73. The Bertz CT molecular complexity index is 454. The molecule has 0 unspecified atom stereocenters. The molecule has 0 spiro atoms. The first-order chi connectivity index (χ1) is 9.27. The largest absolute Gasteiger partial charge is 0.360 e. The zero-order valence-electron chi connectivity index (χ0n) is 12.2. The molecule has 0 amide bonds. The average Bonchev–Trinajstić information content (AvgIpc) is 2.42. The van der Waals surface area contributed by atoms with Gasteiger partial charge in [0.15, 0.2) is 0 Å². The lowest BCUT2D eigenvalue weighted by Gasteiger charge is -2.29. The molecule has 2 rings (SSSR count). The number of hydrogen-bond acceptors (Lipinski definition) is 2. The van der Waals surface area contributed by atoms with Gasteiger partial charge in [0, 0.05) is 18.7 Å². The highest BCUT2D eigenvalue weighted by Crippen LogP contribution is 2.25. The van der Waals surface area contributed by atoms with Gasteiger partial charge in [-0.05, 0) is 51.5 Å². The first-order valence-electron chi connectivity index (χ1n) is 7.20. The molecule has 0 bridgehead atoms. The van der Waals surface area contributed by atoms with Crippen LogP contribution in [0.4, 0.5) is 5.69 Å². The highest BCUT2D eigenvalue weighted by molar-refractivity contribution is 5.56. The van der Waals surface area contributed by atoms with Crippen LogP contribution >= 0.6 is 0 Å². The van der Waals surface area contributed by atoms with Crippen molar-refractivity contribution in [2.24, 2.45) is 0 Å². The van der Waals surface area contributed by atoms with Gasteiger partial charge < -0.3 is 9.80 Å². The molecule has 0 atom stereocenters. The van der Waals surface area contributed by atoms with E-state index in [0.717, 1.165) is 32.5 Å². The van der Waals surface area contributed by atoms with E-state index in [0.29, 0.717) is 0 Å². The summed E-state index contributed by atoms with van der Waals surface area (Å²) >= 11 is 0. The Hall–Kier alpha value is -1.46. The molecule has 1 aliphatic heterocycles. The molecule has 0 saturated heterocycles. The minimum Gasteiger partial charge on any atom is -0.360 e. The van der Waals surface area contributed by atoms with Gasteiger partial charge in [-0.2, -0.15) is 0 Å². The number of rotatable bonds is 4. The number of aryl methyl sites for hydroxylation is 1. The Morgan fingerprint density at radius 1 is 1.21 bits per heavy atom. The first kappa shape index (κ1) is 14.0. The summed E-state index contributed by atoms with van der Waals surface area (Å²) in [7, 11) is 4.22. The SMILES string of the molecule is CN(C)CCCC#CCN1CCCc2ccccc21. The fraction of sp³-hybridized carbons (Fsp3) is 0.529. The van der Waals surface area contributed by atoms with Crippen LogP contribution in [0.15, 0.2) is 24.3 Å². The van der Waals surface area contributed by atoms with Crippen molar-refractivity contribution in [1.82, 2.24) is 4.90 Å². The predicted octanol–water partition coefficient (Wildman–Crippen LogP) is 2.78. The van der Waals surface area contributed by atoms with E-state index < -0.39 is 0 Å². The van der Waals surface area contributed by atoms with Crippen molar-refractivity contribution in [1.29, 1.82) is 0 Å². The molecule has 0 radical (unpaired) electrons. The van der Waals surface area contributed by atoms with Gasteiger partial charge in [0.1, 0.15) is 0 Å². The fourth-order valence-corrected chi connectivity index (χ4v) is 2.50. The van der Waals surface area contributed by atoms with Crippen LogP contribution in [0.3, 0.4) is 0 Å². The van der Waals surface area contributed by atoms with Crippen molar-refractivity contribution in [2.45, 2.75) is 25.7 Å². The zero-order chi connectivity index (χ0) is 13.5. The lowest BCUT2D eigenvalue weighted by molar-refractivity contribution is 0.403. The van der Waals surface area contributed by atoms with Crippen molar-refractivity contribution >= 4 is 5.69 Å². The summed E-state index contributed by atoms with van der Waals surface area (Å²) in [6.07, 6.45) is 4.63. The Labute approximate surface area is 117 Å². The molecule has 19 heavy (non-hydrogen) atoms. The molecule has 1 aromatic rings. The van der Waals surface area contributed by atoms with E-state index in [-0.39, 0.29) is 0 Å². The second-order valence-electron chi connectivity index (χ2n) is 5.41. The molecule has 1 aromatic carbocycles. The second-order valence-corrected chi connectivity index (χ2v) is 5.41. The van der Waals surface area contributed by atoms with Gasteiger partial charge in [-0.25, -0.2) is 0 Å². The maximum Gasteiger partial charge on any atom is 0.0794 e. The molecule has 2 nitrogen and oxygen atoms in total. The molecule has 2 heteroatoms. The monoisotopic (exact) mass is 256 g/mol. The van der Waals surface area contributed by atoms with Crippen LogP contribution in [0, 0.1) is 11.8 Å². The van der Waals surface area contributed by atoms with Crippen LogP contribution in [0.25, 0.3) is 0 Å². The average molecular weight is 256 g/mol. The maximum atomic E-state index is 3.33. The summed E-state index contributed by atoms with van der Waals surface area (Å²) in [5.74, 6) is 6.63. The van der Waals surface area contributed by atoms with E-state index in [1.54, 1.807) is 0 Å². The Morgan fingerprint density at radius 3 is 2.89 bits per heavy atom. The molecule has 0 aliphatic carbocycles. The Morgan fingerprint density at radius 2 is 2.05 bits per heavy atom. The summed E-state index contributed by atoms with van der Waals surface area (Å²) in [4.78, 5) is 4.63. The molecule has 0 N–H and O–H groups in total. The number of benzene rings is 1. The van der Waals surface area contributed by atoms with Gasteiger partial charge in [0.2, 0.25) is 0 Å². The van der Waals surface area contributed by atoms with Crippen LogP contribution < -0.4 is 4.90 Å². The van der Waals surface area contributed by atoms with Crippen molar-refractivity contribution in [3.8, 4) is 11.8 Å². The minimum absolute atomic E-state index is 0.874. The number of anilines is 1. The molecule has 0 fully saturated rings. The van der Waals surface area contributed by atoms with E-state index in [9.17, 15) is 0 Å². The molecule has 0 saturated carbocycles. The summed E-state index contributed by atoms with van der Waals surface area (Å²) in [5.41, 5.74) is 2.86. The molecule has 102 valence electrons. The van der Waals surface area contributed by atoms with E-state index in [4.69, 9.17) is 0 Å². The third-order valence-electron chi connectivity index (χ3n) is 3.51. The minimum atomic E-state index is 0.874. The Balaban J connectivity index is 1.83. The van der Waals surface area contributed by atoms with E-state index in [1.165, 1.54) is 24.1 Å². The van der Waals surface area contributed by atoms with Crippen LogP contribution in [-0.4, -0.2) is 38.6 Å². The lowest BCUT2D eigenvalue weighted by Crippen LogP contribution is -2.29. The van der Waals surface area contributed by atoms with Gasteiger partial charge in [-0.1, -0.05) is 24.1 Å². The van der Waals surface area contributed by atoms with Gasteiger partial charge >= 0.3 is 0 Å². The molecular formula is C17H24N2. The van der Waals surface area contributed by atoms with Crippen LogP contribution in [0.2, 0.25) is 0 Å². The topological polar surface area (TPSA) is 6.48 Å². The van der Waals surface area contributed by atoms with Crippen LogP contribution in [0.1, 0.15) is 24.8 Å².